The highest BCUT2D eigenvalue weighted by molar-refractivity contribution is 9.10. The number of hydrogen-bond acceptors (Lipinski definition) is 4. The third-order valence-corrected chi connectivity index (χ3v) is 3.61. The fourth-order valence-corrected chi connectivity index (χ4v) is 2.59. The summed E-state index contributed by atoms with van der Waals surface area (Å²) in [7, 11) is 1.85. The zero-order chi connectivity index (χ0) is 12.7. The number of aromatic nitrogens is 2. The summed E-state index contributed by atoms with van der Waals surface area (Å²) < 4.78 is 13.6. The molecule has 2 N–H and O–H groups in total. The van der Waals surface area contributed by atoms with Crippen LogP contribution in [0.15, 0.2) is 22.7 Å². The van der Waals surface area contributed by atoms with Crippen LogP contribution in [-0.4, -0.2) is 23.0 Å². The average molecular weight is 310 g/mol. The number of nitrogens with two attached hydrogens (primary N) is 1. The van der Waals surface area contributed by atoms with E-state index in [1.807, 2.05) is 25.2 Å². The summed E-state index contributed by atoms with van der Waals surface area (Å²) in [5, 5.41) is 4.17. The molecule has 2 aromatic rings. The molecule has 18 heavy (non-hydrogen) atoms. The Bertz CT molecular complexity index is 610. The van der Waals surface area contributed by atoms with Crippen molar-refractivity contribution in [2.45, 2.75) is 0 Å². The topological polar surface area (TPSA) is 62.3 Å². The highest BCUT2D eigenvalue weighted by Gasteiger charge is 2.17. The molecule has 3 rings (SSSR count). The van der Waals surface area contributed by atoms with Crippen LogP contribution in [0.1, 0.15) is 0 Å². The maximum Gasteiger partial charge on any atom is 0.162 e. The maximum absolute atomic E-state index is 5.78. The van der Waals surface area contributed by atoms with Crippen molar-refractivity contribution in [3.05, 3.63) is 22.7 Å². The molecule has 1 aromatic heterocycles. The van der Waals surface area contributed by atoms with Crippen molar-refractivity contribution in [3.63, 3.8) is 0 Å². The molecule has 5 nitrogen and oxygen atoms in total. The molecule has 0 saturated heterocycles. The van der Waals surface area contributed by atoms with Crippen molar-refractivity contribution in [2.24, 2.45) is 7.05 Å². The van der Waals surface area contributed by atoms with E-state index in [9.17, 15) is 0 Å². The van der Waals surface area contributed by atoms with Crippen molar-refractivity contribution in [2.75, 3.05) is 18.9 Å². The summed E-state index contributed by atoms with van der Waals surface area (Å²) >= 11 is 3.45. The molecule has 1 aliphatic heterocycles. The molecule has 0 aliphatic carbocycles. The van der Waals surface area contributed by atoms with E-state index in [2.05, 4.69) is 21.0 Å². The third-order valence-electron chi connectivity index (χ3n) is 2.83. The molecule has 0 fully saturated rings. The van der Waals surface area contributed by atoms with Crippen LogP contribution in [-0.2, 0) is 7.05 Å². The van der Waals surface area contributed by atoms with Crippen LogP contribution in [0.25, 0.3) is 11.3 Å². The minimum atomic E-state index is 0.474. The molecule has 94 valence electrons. The molecular weight excluding hydrogens is 298 g/mol. The van der Waals surface area contributed by atoms with Crippen molar-refractivity contribution in [1.82, 2.24) is 9.78 Å². The van der Waals surface area contributed by atoms with Gasteiger partial charge in [0.15, 0.2) is 17.3 Å². The van der Waals surface area contributed by atoms with Crippen LogP contribution < -0.4 is 15.2 Å². The monoisotopic (exact) mass is 309 g/mol. The molecular formula is C12H12BrN3O2. The molecule has 0 spiro atoms. The van der Waals surface area contributed by atoms with Crippen LogP contribution >= 0.6 is 15.9 Å². The number of anilines is 1. The van der Waals surface area contributed by atoms with Gasteiger partial charge in [0.25, 0.3) is 0 Å². The van der Waals surface area contributed by atoms with Gasteiger partial charge in [0, 0.05) is 12.6 Å². The van der Waals surface area contributed by atoms with E-state index in [1.54, 1.807) is 4.68 Å². The number of benzene rings is 1. The van der Waals surface area contributed by atoms with E-state index in [0.717, 1.165) is 27.2 Å². The van der Waals surface area contributed by atoms with Gasteiger partial charge in [-0.15, -0.1) is 0 Å². The van der Waals surface area contributed by atoms with Gasteiger partial charge in [-0.2, -0.15) is 5.10 Å². The Balaban J connectivity index is 2.12. The van der Waals surface area contributed by atoms with Crippen LogP contribution in [0.3, 0.4) is 0 Å². The zero-order valence-electron chi connectivity index (χ0n) is 9.81. The fourth-order valence-electron chi connectivity index (χ4n) is 2.02. The minimum Gasteiger partial charge on any atom is -0.486 e. The Morgan fingerprint density at radius 3 is 2.67 bits per heavy atom. The van der Waals surface area contributed by atoms with Crippen molar-refractivity contribution in [3.8, 4) is 22.8 Å². The standard InChI is InChI=1S/C12H12BrN3O2/c1-16-11(10(13)12(14)15-16)7-2-3-8-9(6-7)18-5-4-17-8/h2-3,6H,4-5H2,1H3,(H2,14,15). The van der Waals surface area contributed by atoms with E-state index < -0.39 is 0 Å². The van der Waals surface area contributed by atoms with Crippen LogP contribution in [0.2, 0.25) is 0 Å². The number of halogens is 1. The van der Waals surface area contributed by atoms with Gasteiger partial charge in [-0.3, -0.25) is 4.68 Å². The number of fused-ring (bicyclic) bond motifs is 1. The third kappa shape index (κ3) is 1.73. The van der Waals surface area contributed by atoms with Crippen LogP contribution in [0, 0.1) is 0 Å². The lowest BCUT2D eigenvalue weighted by molar-refractivity contribution is 0.171. The molecule has 0 atom stereocenters. The predicted octanol–water partition coefficient (Wildman–Crippen LogP) is 2.20. The summed E-state index contributed by atoms with van der Waals surface area (Å²) in [6.45, 7) is 1.17. The van der Waals surface area contributed by atoms with Crippen molar-refractivity contribution < 1.29 is 9.47 Å². The van der Waals surface area contributed by atoms with Gasteiger partial charge in [0.1, 0.15) is 13.2 Å². The fraction of sp³-hybridized carbons (Fsp3) is 0.250. The van der Waals surface area contributed by atoms with Crippen LogP contribution in [0.5, 0.6) is 11.5 Å². The second-order valence-corrected chi connectivity index (χ2v) is 4.82. The number of nitrogen functional groups attached to an aromatic ring is 1. The van der Waals surface area contributed by atoms with E-state index >= 15 is 0 Å². The minimum absolute atomic E-state index is 0.474. The summed E-state index contributed by atoms with van der Waals surface area (Å²) in [4.78, 5) is 0. The summed E-state index contributed by atoms with van der Waals surface area (Å²) in [6.07, 6.45) is 0. The van der Waals surface area contributed by atoms with Gasteiger partial charge in [-0.25, -0.2) is 0 Å². The second kappa shape index (κ2) is 4.20. The number of hydrogen-bond donors (Lipinski definition) is 1. The van der Waals surface area contributed by atoms with Crippen molar-refractivity contribution in [1.29, 1.82) is 0 Å². The predicted molar refractivity (Wildman–Crippen MR) is 71.7 cm³/mol. The average Bonchev–Trinajstić information content (AvgIpc) is 2.63. The number of rotatable bonds is 1. The zero-order valence-corrected chi connectivity index (χ0v) is 11.4. The van der Waals surface area contributed by atoms with E-state index in [4.69, 9.17) is 15.2 Å². The van der Waals surface area contributed by atoms with Crippen molar-refractivity contribution >= 4 is 21.7 Å². The van der Waals surface area contributed by atoms with Gasteiger partial charge >= 0.3 is 0 Å². The van der Waals surface area contributed by atoms with E-state index in [-0.39, 0.29) is 0 Å². The quantitative estimate of drug-likeness (QED) is 0.877. The molecule has 1 aliphatic rings. The normalized spacial score (nSPS) is 13.7. The molecule has 2 heterocycles. The molecule has 0 radical (unpaired) electrons. The van der Waals surface area contributed by atoms with E-state index in [1.165, 1.54) is 0 Å². The van der Waals surface area contributed by atoms with Gasteiger partial charge in [0.05, 0.1) is 10.2 Å². The molecule has 1 aromatic carbocycles. The lowest BCUT2D eigenvalue weighted by Gasteiger charge is -2.19. The Morgan fingerprint density at radius 2 is 2.00 bits per heavy atom. The molecule has 0 amide bonds. The molecule has 0 unspecified atom stereocenters. The summed E-state index contributed by atoms with van der Waals surface area (Å²) in [5.74, 6) is 2.00. The van der Waals surface area contributed by atoms with Gasteiger partial charge in [0.2, 0.25) is 0 Å². The maximum atomic E-state index is 5.78. The highest BCUT2D eigenvalue weighted by atomic mass is 79.9. The molecule has 6 heteroatoms. The Labute approximate surface area is 113 Å². The highest BCUT2D eigenvalue weighted by Crippen LogP contribution is 2.38. The lowest BCUT2D eigenvalue weighted by Crippen LogP contribution is -2.15. The van der Waals surface area contributed by atoms with Gasteiger partial charge in [-0.1, -0.05) is 0 Å². The first-order chi connectivity index (χ1) is 8.66. The lowest BCUT2D eigenvalue weighted by atomic mass is 10.1. The smallest absolute Gasteiger partial charge is 0.162 e. The summed E-state index contributed by atoms with van der Waals surface area (Å²) in [5.41, 5.74) is 7.69. The van der Waals surface area contributed by atoms with Gasteiger partial charge in [-0.05, 0) is 34.1 Å². The Hall–Kier alpha value is -1.69. The Morgan fingerprint density at radius 1 is 1.28 bits per heavy atom. The molecule has 0 saturated carbocycles. The van der Waals surface area contributed by atoms with Crippen LogP contribution in [0.4, 0.5) is 5.82 Å². The first-order valence-corrected chi connectivity index (χ1v) is 6.34. The largest absolute Gasteiger partial charge is 0.486 e. The summed E-state index contributed by atoms with van der Waals surface area (Å²) in [6, 6.07) is 5.81. The van der Waals surface area contributed by atoms with Gasteiger partial charge < -0.3 is 15.2 Å². The first kappa shape index (κ1) is 11.4. The number of aryl methyl sites for hydroxylation is 1. The molecule has 0 bridgehead atoms. The number of nitrogens with zero attached hydrogens (tertiary/aromatic N) is 2. The first-order valence-electron chi connectivity index (χ1n) is 5.55. The number of ether oxygens (including phenoxy) is 2. The van der Waals surface area contributed by atoms with E-state index in [0.29, 0.717) is 19.0 Å². The SMILES string of the molecule is Cn1nc(N)c(Br)c1-c1ccc2c(c1)OCCO2. The second-order valence-electron chi connectivity index (χ2n) is 4.03. The Kier molecular flexibility index (Phi) is 2.66.